The van der Waals surface area contributed by atoms with E-state index in [0.717, 1.165) is 57.6 Å². The maximum absolute atomic E-state index is 5.95. The molecule has 3 rings (SSSR count). The smallest absolute Gasteiger partial charge is 0.191 e. The number of aliphatic imine (C=N–C) groups is 1. The van der Waals surface area contributed by atoms with E-state index < -0.39 is 0 Å². The van der Waals surface area contributed by atoms with E-state index in [1.807, 2.05) is 19.2 Å². The Morgan fingerprint density at radius 2 is 2.18 bits per heavy atom. The van der Waals surface area contributed by atoms with E-state index in [9.17, 15) is 0 Å². The average Bonchev–Trinajstić information content (AvgIpc) is 3.16. The highest BCUT2D eigenvalue weighted by Crippen LogP contribution is 2.36. The zero-order chi connectivity index (χ0) is 19.7. The summed E-state index contributed by atoms with van der Waals surface area (Å²) in [5.41, 5.74) is 1.19. The Hall–Kier alpha value is -1.44. The Kier molecular flexibility index (Phi) is 8.30. The van der Waals surface area contributed by atoms with Gasteiger partial charge in [-0.15, -0.1) is 0 Å². The van der Waals surface area contributed by atoms with Gasteiger partial charge in [0, 0.05) is 44.5 Å². The highest BCUT2D eigenvalue weighted by Gasteiger charge is 2.29. The van der Waals surface area contributed by atoms with E-state index in [1.54, 1.807) is 0 Å². The van der Waals surface area contributed by atoms with Crippen molar-refractivity contribution in [2.75, 3.05) is 58.8 Å². The predicted molar refractivity (Wildman–Crippen MR) is 117 cm³/mol. The van der Waals surface area contributed by atoms with Crippen LogP contribution in [0.15, 0.2) is 29.3 Å². The van der Waals surface area contributed by atoms with Crippen molar-refractivity contribution in [1.29, 1.82) is 0 Å². The van der Waals surface area contributed by atoms with Gasteiger partial charge in [-0.1, -0.05) is 12.1 Å². The van der Waals surface area contributed by atoms with Crippen LogP contribution >= 0.6 is 11.8 Å². The van der Waals surface area contributed by atoms with E-state index in [-0.39, 0.29) is 0 Å². The molecule has 0 aliphatic carbocycles. The van der Waals surface area contributed by atoms with E-state index in [4.69, 9.17) is 9.47 Å². The van der Waals surface area contributed by atoms with Crippen LogP contribution in [0.5, 0.6) is 5.75 Å². The number of benzene rings is 1. The van der Waals surface area contributed by atoms with Gasteiger partial charge in [0.2, 0.25) is 0 Å². The molecular weight excluding hydrogens is 372 g/mol. The van der Waals surface area contributed by atoms with Crippen molar-refractivity contribution in [1.82, 2.24) is 15.5 Å². The van der Waals surface area contributed by atoms with Crippen LogP contribution in [0.3, 0.4) is 0 Å². The van der Waals surface area contributed by atoms with Crippen molar-refractivity contribution in [2.24, 2.45) is 4.99 Å². The molecule has 2 aliphatic heterocycles. The molecule has 0 bridgehead atoms. The second-order valence-corrected chi connectivity index (χ2v) is 9.31. The van der Waals surface area contributed by atoms with Crippen LogP contribution in [0.2, 0.25) is 0 Å². The molecule has 0 spiro atoms. The van der Waals surface area contributed by atoms with Crippen molar-refractivity contribution in [3.8, 4) is 5.75 Å². The fourth-order valence-electron chi connectivity index (χ4n) is 3.52. The number of hydrogen-bond donors (Lipinski definition) is 2. The Bertz CT molecular complexity index is 629. The Labute approximate surface area is 173 Å². The number of ether oxygens (including phenoxy) is 2. The molecule has 2 saturated heterocycles. The lowest BCUT2D eigenvalue weighted by Gasteiger charge is -2.26. The molecule has 1 aromatic carbocycles. The third kappa shape index (κ3) is 6.87. The number of guanidine groups is 1. The fraction of sp³-hybridized carbons (Fsp3) is 0.667. The maximum Gasteiger partial charge on any atom is 0.191 e. The summed E-state index contributed by atoms with van der Waals surface area (Å²) in [5.74, 6) is 3.04. The van der Waals surface area contributed by atoms with Crippen molar-refractivity contribution >= 4 is 17.7 Å². The molecule has 2 heterocycles. The van der Waals surface area contributed by atoms with Crippen LogP contribution < -0.4 is 15.4 Å². The summed E-state index contributed by atoms with van der Waals surface area (Å²) in [5, 5.41) is 6.89. The second-order valence-electron chi connectivity index (χ2n) is 7.63. The fourth-order valence-corrected chi connectivity index (χ4v) is 4.76. The molecule has 2 N–H and O–H groups in total. The first-order valence-corrected chi connectivity index (χ1v) is 11.3. The minimum atomic E-state index is 0.325. The molecule has 1 aromatic rings. The molecule has 2 fully saturated rings. The van der Waals surface area contributed by atoms with E-state index in [1.165, 1.54) is 24.2 Å². The first-order valence-electron chi connectivity index (χ1n) is 10.3. The SMILES string of the molecule is CN=C(NCc1cccc(OCCN2CCOCC2)c1)NCC1(C)CCCS1. The normalized spacial score (nSPS) is 23.6. The quantitative estimate of drug-likeness (QED) is 0.511. The second kappa shape index (κ2) is 10.9. The lowest BCUT2D eigenvalue weighted by Crippen LogP contribution is -2.43. The number of hydrogen-bond acceptors (Lipinski definition) is 5. The first kappa shape index (κ1) is 21.3. The lowest BCUT2D eigenvalue weighted by molar-refractivity contribution is 0.0322. The summed E-state index contributed by atoms with van der Waals surface area (Å²) >= 11 is 2.06. The Morgan fingerprint density at radius 1 is 1.32 bits per heavy atom. The van der Waals surface area contributed by atoms with E-state index in [0.29, 0.717) is 11.4 Å². The highest BCUT2D eigenvalue weighted by atomic mass is 32.2. The van der Waals surface area contributed by atoms with E-state index >= 15 is 0 Å². The summed E-state index contributed by atoms with van der Waals surface area (Å²) in [7, 11) is 1.82. The predicted octanol–water partition coefficient (Wildman–Crippen LogP) is 2.35. The molecule has 28 heavy (non-hydrogen) atoms. The van der Waals surface area contributed by atoms with Gasteiger partial charge in [-0.2, -0.15) is 11.8 Å². The molecule has 1 atom stereocenters. The van der Waals surface area contributed by atoms with Gasteiger partial charge < -0.3 is 20.1 Å². The molecule has 0 aromatic heterocycles. The van der Waals surface area contributed by atoms with Gasteiger partial charge in [0.25, 0.3) is 0 Å². The zero-order valence-corrected chi connectivity index (χ0v) is 18.0. The molecule has 0 radical (unpaired) electrons. The lowest BCUT2D eigenvalue weighted by atomic mass is 10.1. The third-order valence-electron chi connectivity index (χ3n) is 5.29. The van der Waals surface area contributed by atoms with Crippen LogP contribution in [0, 0.1) is 0 Å². The standard InChI is InChI=1S/C21H34N4O2S/c1-21(7-4-14-28-21)17-24-20(22-2)23-16-18-5-3-6-19(15-18)27-13-10-25-8-11-26-12-9-25/h3,5-6,15H,4,7-14,16-17H2,1-2H3,(H2,22,23,24). The Morgan fingerprint density at radius 3 is 2.93 bits per heavy atom. The molecule has 2 aliphatic rings. The third-order valence-corrected chi connectivity index (χ3v) is 6.83. The van der Waals surface area contributed by atoms with Gasteiger partial charge >= 0.3 is 0 Å². The van der Waals surface area contributed by atoms with Gasteiger partial charge in [-0.05, 0) is 43.2 Å². The molecule has 6 nitrogen and oxygen atoms in total. The van der Waals surface area contributed by atoms with Gasteiger partial charge in [0.15, 0.2) is 5.96 Å². The topological polar surface area (TPSA) is 58.1 Å². The molecule has 156 valence electrons. The van der Waals surface area contributed by atoms with Crippen molar-refractivity contribution in [2.45, 2.75) is 31.1 Å². The van der Waals surface area contributed by atoms with Crippen LogP contribution in [-0.4, -0.2) is 74.4 Å². The number of thioether (sulfide) groups is 1. The minimum Gasteiger partial charge on any atom is -0.492 e. The number of nitrogens with zero attached hydrogens (tertiary/aromatic N) is 2. The first-order chi connectivity index (χ1) is 13.7. The van der Waals surface area contributed by atoms with Gasteiger partial charge in [-0.3, -0.25) is 9.89 Å². The average molecular weight is 407 g/mol. The number of rotatable bonds is 8. The zero-order valence-electron chi connectivity index (χ0n) is 17.2. The molecule has 0 saturated carbocycles. The molecule has 1 unspecified atom stereocenters. The van der Waals surface area contributed by atoms with Crippen LogP contribution in [0.4, 0.5) is 0 Å². The van der Waals surface area contributed by atoms with Gasteiger partial charge in [0.1, 0.15) is 12.4 Å². The van der Waals surface area contributed by atoms with Crippen LogP contribution in [0.25, 0.3) is 0 Å². The largest absolute Gasteiger partial charge is 0.492 e. The van der Waals surface area contributed by atoms with Gasteiger partial charge in [0.05, 0.1) is 13.2 Å². The van der Waals surface area contributed by atoms with E-state index in [2.05, 4.69) is 51.3 Å². The van der Waals surface area contributed by atoms with Crippen molar-refractivity contribution < 1.29 is 9.47 Å². The summed E-state index contributed by atoms with van der Waals surface area (Å²) in [6.45, 7) is 9.31. The summed E-state index contributed by atoms with van der Waals surface area (Å²) in [6, 6.07) is 8.29. The molecule has 0 amide bonds. The monoisotopic (exact) mass is 406 g/mol. The minimum absolute atomic E-state index is 0.325. The Balaban J connectivity index is 1.40. The number of nitrogens with one attached hydrogen (secondary N) is 2. The summed E-state index contributed by atoms with van der Waals surface area (Å²) in [4.78, 5) is 6.74. The van der Waals surface area contributed by atoms with Crippen molar-refractivity contribution in [3.63, 3.8) is 0 Å². The summed E-state index contributed by atoms with van der Waals surface area (Å²) < 4.78 is 11.7. The van der Waals surface area contributed by atoms with Gasteiger partial charge in [-0.25, -0.2) is 0 Å². The van der Waals surface area contributed by atoms with Crippen molar-refractivity contribution in [3.05, 3.63) is 29.8 Å². The maximum atomic E-state index is 5.95. The summed E-state index contributed by atoms with van der Waals surface area (Å²) in [6.07, 6.45) is 2.58. The molecule has 7 heteroatoms. The highest BCUT2D eigenvalue weighted by molar-refractivity contribution is 8.00. The van der Waals surface area contributed by atoms with Crippen LogP contribution in [0.1, 0.15) is 25.3 Å². The van der Waals surface area contributed by atoms with Crippen LogP contribution in [-0.2, 0) is 11.3 Å². The molecular formula is C21H34N4O2S. The number of morpholine rings is 1.